The molecular formula is C13H20N2O3. The fourth-order valence-corrected chi connectivity index (χ4v) is 1.58. The van der Waals surface area contributed by atoms with Crippen molar-refractivity contribution in [3.63, 3.8) is 0 Å². The van der Waals surface area contributed by atoms with Gasteiger partial charge in [0.25, 0.3) is 0 Å². The van der Waals surface area contributed by atoms with Crippen LogP contribution in [0, 0.1) is 0 Å². The molecule has 0 aliphatic rings. The summed E-state index contributed by atoms with van der Waals surface area (Å²) in [6.45, 7) is 3.94. The average molecular weight is 252 g/mol. The highest BCUT2D eigenvalue weighted by atomic mass is 16.3. The molecule has 0 atom stereocenters. The molecule has 0 aliphatic carbocycles. The van der Waals surface area contributed by atoms with Crippen LogP contribution in [0.25, 0.3) is 0 Å². The third-order valence-electron chi connectivity index (χ3n) is 2.35. The van der Waals surface area contributed by atoms with Gasteiger partial charge >= 0.3 is 6.03 Å². The lowest BCUT2D eigenvalue weighted by atomic mass is 10.1. The lowest BCUT2D eigenvalue weighted by molar-refractivity contribution is 0.0531. The summed E-state index contributed by atoms with van der Waals surface area (Å²) in [7, 11) is 1.63. The number of rotatable bonds is 4. The van der Waals surface area contributed by atoms with Gasteiger partial charge in [0.1, 0.15) is 5.75 Å². The van der Waals surface area contributed by atoms with Crippen LogP contribution in [0.2, 0.25) is 0 Å². The van der Waals surface area contributed by atoms with E-state index in [1.807, 2.05) is 0 Å². The summed E-state index contributed by atoms with van der Waals surface area (Å²) in [4.78, 5) is 13.1. The third kappa shape index (κ3) is 5.05. The summed E-state index contributed by atoms with van der Waals surface area (Å²) >= 11 is 0. The van der Waals surface area contributed by atoms with E-state index in [9.17, 15) is 9.90 Å². The fourth-order valence-electron chi connectivity index (χ4n) is 1.58. The predicted octanol–water partition coefficient (Wildman–Crippen LogP) is 1.30. The largest absolute Gasteiger partial charge is 0.508 e. The van der Waals surface area contributed by atoms with Gasteiger partial charge in [-0.05, 0) is 31.5 Å². The number of aromatic hydroxyl groups is 1. The molecule has 5 heteroatoms. The van der Waals surface area contributed by atoms with Crippen LogP contribution in [0.5, 0.6) is 5.75 Å². The summed E-state index contributed by atoms with van der Waals surface area (Å²) in [5.74, 6) is 0.198. The van der Waals surface area contributed by atoms with Crippen LogP contribution in [0.3, 0.4) is 0 Å². The molecule has 1 aromatic carbocycles. The van der Waals surface area contributed by atoms with Crippen molar-refractivity contribution in [2.75, 3.05) is 13.6 Å². The Kier molecular flexibility index (Phi) is 4.55. The predicted molar refractivity (Wildman–Crippen MR) is 69.3 cm³/mol. The number of phenols is 1. The van der Waals surface area contributed by atoms with Crippen LogP contribution in [0.15, 0.2) is 24.3 Å². The number of carbonyl (C=O) groups excluding carboxylic acids is 1. The van der Waals surface area contributed by atoms with Crippen molar-refractivity contribution in [3.05, 3.63) is 29.8 Å². The Hall–Kier alpha value is -1.75. The van der Waals surface area contributed by atoms with Crippen LogP contribution in [0.4, 0.5) is 4.79 Å². The summed E-state index contributed by atoms with van der Waals surface area (Å²) in [5, 5.41) is 21.5. The van der Waals surface area contributed by atoms with Gasteiger partial charge in [-0.15, -0.1) is 0 Å². The van der Waals surface area contributed by atoms with E-state index in [2.05, 4.69) is 5.32 Å². The third-order valence-corrected chi connectivity index (χ3v) is 2.35. The zero-order valence-corrected chi connectivity index (χ0v) is 11.0. The Balaban J connectivity index is 2.43. The van der Waals surface area contributed by atoms with E-state index < -0.39 is 5.60 Å². The first-order valence-electron chi connectivity index (χ1n) is 5.77. The normalized spacial score (nSPS) is 11.1. The van der Waals surface area contributed by atoms with Crippen LogP contribution in [-0.4, -0.2) is 40.3 Å². The van der Waals surface area contributed by atoms with Crippen molar-refractivity contribution in [2.45, 2.75) is 26.0 Å². The van der Waals surface area contributed by atoms with Crippen LogP contribution < -0.4 is 5.32 Å². The molecule has 0 aromatic heterocycles. The van der Waals surface area contributed by atoms with E-state index in [0.717, 1.165) is 5.56 Å². The molecule has 0 saturated carbocycles. The lowest BCUT2D eigenvalue weighted by Gasteiger charge is -2.25. The van der Waals surface area contributed by atoms with Gasteiger partial charge in [-0.2, -0.15) is 0 Å². The molecule has 3 N–H and O–H groups in total. The maximum atomic E-state index is 11.7. The van der Waals surface area contributed by atoms with Gasteiger partial charge in [0, 0.05) is 13.6 Å². The summed E-state index contributed by atoms with van der Waals surface area (Å²) in [6.07, 6.45) is 0. The quantitative estimate of drug-likeness (QED) is 0.756. The van der Waals surface area contributed by atoms with Gasteiger partial charge in [0.05, 0.1) is 12.1 Å². The second-order valence-electron chi connectivity index (χ2n) is 4.99. The summed E-state index contributed by atoms with van der Waals surface area (Å²) in [6, 6.07) is 6.38. The lowest BCUT2D eigenvalue weighted by Crippen LogP contribution is -2.44. The monoisotopic (exact) mass is 252 g/mol. The average Bonchev–Trinajstić information content (AvgIpc) is 2.25. The fraction of sp³-hybridized carbons (Fsp3) is 0.462. The topological polar surface area (TPSA) is 72.8 Å². The Morgan fingerprint density at radius 1 is 1.33 bits per heavy atom. The smallest absolute Gasteiger partial charge is 0.317 e. The summed E-state index contributed by atoms with van der Waals surface area (Å²) in [5.41, 5.74) is -0.0113. The molecule has 0 radical (unpaired) electrons. The van der Waals surface area contributed by atoms with Crippen molar-refractivity contribution in [3.8, 4) is 5.75 Å². The van der Waals surface area contributed by atoms with Crippen molar-refractivity contribution in [1.82, 2.24) is 10.2 Å². The minimum absolute atomic E-state index is 0.198. The van der Waals surface area contributed by atoms with Crippen molar-refractivity contribution in [1.29, 1.82) is 0 Å². The molecule has 0 heterocycles. The number of amides is 2. The highest BCUT2D eigenvalue weighted by Crippen LogP contribution is 2.09. The zero-order valence-electron chi connectivity index (χ0n) is 11.0. The SMILES string of the molecule is CN(CC(C)(C)O)C(=O)NCc1ccc(O)cc1. The maximum absolute atomic E-state index is 11.7. The molecule has 18 heavy (non-hydrogen) atoms. The first-order chi connectivity index (χ1) is 8.28. The molecule has 0 spiro atoms. The molecule has 0 aliphatic heterocycles. The van der Waals surface area contributed by atoms with E-state index >= 15 is 0 Å². The van der Waals surface area contributed by atoms with Gasteiger partial charge in [0.15, 0.2) is 0 Å². The highest BCUT2D eigenvalue weighted by molar-refractivity contribution is 5.73. The molecule has 5 nitrogen and oxygen atoms in total. The molecule has 0 fully saturated rings. The second-order valence-corrected chi connectivity index (χ2v) is 4.99. The van der Waals surface area contributed by atoms with Gasteiger partial charge in [-0.1, -0.05) is 12.1 Å². The molecule has 0 saturated heterocycles. The molecular weight excluding hydrogens is 232 g/mol. The maximum Gasteiger partial charge on any atom is 0.317 e. The van der Waals surface area contributed by atoms with E-state index in [0.29, 0.717) is 6.54 Å². The number of nitrogens with one attached hydrogen (secondary N) is 1. The molecule has 100 valence electrons. The zero-order chi connectivity index (χ0) is 13.8. The van der Waals surface area contributed by atoms with Gasteiger partial charge in [0.2, 0.25) is 0 Å². The summed E-state index contributed by atoms with van der Waals surface area (Å²) < 4.78 is 0. The number of nitrogens with zero attached hydrogens (tertiary/aromatic N) is 1. The number of hydrogen-bond acceptors (Lipinski definition) is 3. The minimum Gasteiger partial charge on any atom is -0.508 e. The molecule has 0 bridgehead atoms. The molecule has 0 unspecified atom stereocenters. The van der Waals surface area contributed by atoms with Gasteiger partial charge in [-0.25, -0.2) is 4.79 Å². The van der Waals surface area contributed by atoms with Crippen LogP contribution >= 0.6 is 0 Å². The Morgan fingerprint density at radius 2 is 1.89 bits per heavy atom. The van der Waals surface area contributed by atoms with Crippen LogP contribution in [-0.2, 0) is 6.54 Å². The number of likely N-dealkylation sites (N-methyl/N-ethyl adjacent to an activating group) is 1. The van der Waals surface area contributed by atoms with E-state index in [1.54, 1.807) is 45.2 Å². The van der Waals surface area contributed by atoms with Crippen molar-refractivity contribution >= 4 is 6.03 Å². The second kappa shape index (κ2) is 5.73. The van der Waals surface area contributed by atoms with E-state index in [4.69, 9.17) is 5.11 Å². The highest BCUT2D eigenvalue weighted by Gasteiger charge is 2.18. The first-order valence-corrected chi connectivity index (χ1v) is 5.77. The minimum atomic E-state index is -0.912. The van der Waals surface area contributed by atoms with Gasteiger partial charge in [-0.3, -0.25) is 0 Å². The van der Waals surface area contributed by atoms with E-state index in [-0.39, 0.29) is 18.3 Å². The number of urea groups is 1. The molecule has 1 rings (SSSR count). The number of aliphatic hydroxyl groups is 1. The van der Waals surface area contributed by atoms with Crippen molar-refractivity contribution in [2.24, 2.45) is 0 Å². The molecule has 1 aromatic rings. The number of phenolic OH excluding ortho intramolecular Hbond substituents is 1. The Bertz CT molecular complexity index is 396. The number of benzene rings is 1. The standard InChI is InChI=1S/C13H20N2O3/c1-13(2,18)9-15(3)12(17)14-8-10-4-6-11(16)7-5-10/h4-7,16,18H,8-9H2,1-3H3,(H,14,17). The molecule has 2 amide bonds. The Morgan fingerprint density at radius 3 is 2.39 bits per heavy atom. The number of carbonyl (C=O) groups is 1. The Labute approximate surface area is 107 Å². The van der Waals surface area contributed by atoms with Crippen LogP contribution in [0.1, 0.15) is 19.4 Å². The first kappa shape index (κ1) is 14.3. The van der Waals surface area contributed by atoms with E-state index in [1.165, 1.54) is 4.90 Å². The van der Waals surface area contributed by atoms with Crippen molar-refractivity contribution < 1.29 is 15.0 Å². The van der Waals surface area contributed by atoms with Gasteiger partial charge < -0.3 is 20.4 Å². The number of hydrogen-bond donors (Lipinski definition) is 3.